The summed E-state index contributed by atoms with van der Waals surface area (Å²) in [7, 11) is 0. The van der Waals surface area contributed by atoms with Gasteiger partial charge in [-0.05, 0) is 74.4 Å². The van der Waals surface area contributed by atoms with Gasteiger partial charge in [0.05, 0.1) is 17.2 Å². The molecule has 8 heteroatoms. The Morgan fingerprint density at radius 3 is 2.59 bits per heavy atom. The summed E-state index contributed by atoms with van der Waals surface area (Å²) in [5.74, 6) is -1.33. The predicted molar refractivity (Wildman–Crippen MR) is 126 cm³/mol. The molecule has 2 aromatic carbocycles. The second-order valence-electron chi connectivity index (χ2n) is 8.91. The minimum absolute atomic E-state index is 0.0152. The molecule has 0 unspecified atom stereocenters. The van der Waals surface area contributed by atoms with Crippen LogP contribution in [-0.4, -0.2) is 37.6 Å². The standard InChI is InChI=1S/C26H25FN4O3/c1-15-25(19-12-17(27)8-11-23(19)31(15)14-24(32)33)16-6-9-18(10-7-16)29-26(34)22-13-28-20-4-2-3-5-21(20)30-22/h2-5,8,11-13,16,18H,6-7,9-10,14H2,1H3,(H,29,34)(H,32,33). The Balaban J connectivity index is 1.32. The molecule has 5 rings (SSSR count). The molecule has 0 radical (unpaired) electrons. The maximum absolute atomic E-state index is 14.1. The Kier molecular flexibility index (Phi) is 5.73. The van der Waals surface area contributed by atoms with Gasteiger partial charge in [0.25, 0.3) is 5.91 Å². The summed E-state index contributed by atoms with van der Waals surface area (Å²) < 4.78 is 15.8. The quantitative estimate of drug-likeness (QED) is 0.455. The lowest BCUT2D eigenvalue weighted by Gasteiger charge is -2.29. The average Bonchev–Trinajstić information content (AvgIpc) is 3.09. The fraction of sp³-hybridized carbons (Fsp3) is 0.308. The third kappa shape index (κ3) is 4.11. The van der Waals surface area contributed by atoms with E-state index in [1.807, 2.05) is 31.2 Å². The van der Waals surface area contributed by atoms with E-state index in [2.05, 4.69) is 15.3 Å². The summed E-state index contributed by atoms with van der Waals surface area (Å²) in [5.41, 5.74) is 4.33. The van der Waals surface area contributed by atoms with Crippen molar-refractivity contribution in [2.45, 2.75) is 51.1 Å². The van der Waals surface area contributed by atoms with Crippen LogP contribution in [0, 0.1) is 12.7 Å². The summed E-state index contributed by atoms with van der Waals surface area (Å²) in [6.07, 6.45) is 4.68. The van der Waals surface area contributed by atoms with Gasteiger partial charge < -0.3 is 15.0 Å². The van der Waals surface area contributed by atoms with Gasteiger partial charge in [-0.15, -0.1) is 0 Å². The summed E-state index contributed by atoms with van der Waals surface area (Å²) in [4.78, 5) is 32.9. The number of carboxylic acid groups (broad SMARTS) is 1. The second kappa shape index (κ2) is 8.85. The van der Waals surface area contributed by atoms with E-state index in [-0.39, 0.29) is 30.2 Å². The first-order valence-electron chi connectivity index (χ1n) is 11.4. The fourth-order valence-electron chi connectivity index (χ4n) is 5.19. The number of aromatic nitrogens is 3. The number of benzene rings is 2. The highest BCUT2D eigenvalue weighted by Gasteiger charge is 2.29. The topological polar surface area (TPSA) is 97.1 Å². The Morgan fingerprint density at radius 2 is 1.85 bits per heavy atom. The molecular formula is C26H25FN4O3. The van der Waals surface area contributed by atoms with Crippen molar-refractivity contribution >= 4 is 33.8 Å². The molecule has 1 aliphatic rings. The zero-order valence-electron chi connectivity index (χ0n) is 18.8. The van der Waals surface area contributed by atoms with Gasteiger partial charge in [0.2, 0.25) is 0 Å². The van der Waals surface area contributed by atoms with Crippen LogP contribution in [-0.2, 0) is 11.3 Å². The lowest BCUT2D eigenvalue weighted by Crippen LogP contribution is -2.37. The van der Waals surface area contributed by atoms with E-state index in [0.717, 1.165) is 53.4 Å². The monoisotopic (exact) mass is 460 g/mol. The minimum atomic E-state index is -0.931. The van der Waals surface area contributed by atoms with Crippen molar-refractivity contribution in [2.75, 3.05) is 0 Å². The number of nitrogens with one attached hydrogen (secondary N) is 1. The molecule has 4 aromatic rings. The van der Waals surface area contributed by atoms with Gasteiger partial charge in [-0.1, -0.05) is 12.1 Å². The van der Waals surface area contributed by atoms with Crippen LogP contribution in [0.25, 0.3) is 21.9 Å². The number of carbonyl (C=O) groups excluding carboxylic acids is 1. The van der Waals surface area contributed by atoms with Gasteiger partial charge in [0.1, 0.15) is 18.1 Å². The molecule has 2 N–H and O–H groups in total. The SMILES string of the molecule is Cc1c(C2CCC(NC(=O)c3cnc4ccccc4n3)CC2)c2cc(F)ccc2n1CC(=O)O. The number of carbonyl (C=O) groups is 2. The van der Waals surface area contributed by atoms with Crippen molar-refractivity contribution in [3.8, 4) is 0 Å². The summed E-state index contributed by atoms with van der Waals surface area (Å²) in [5, 5.41) is 13.2. The van der Waals surface area contributed by atoms with Crippen LogP contribution < -0.4 is 5.32 Å². The van der Waals surface area contributed by atoms with E-state index >= 15 is 0 Å². The summed E-state index contributed by atoms with van der Waals surface area (Å²) >= 11 is 0. The summed E-state index contributed by atoms with van der Waals surface area (Å²) in [6.45, 7) is 1.74. The van der Waals surface area contributed by atoms with Crippen LogP contribution in [0.4, 0.5) is 4.39 Å². The molecule has 2 aromatic heterocycles. The Morgan fingerprint density at radius 1 is 1.12 bits per heavy atom. The number of para-hydroxylation sites is 2. The van der Waals surface area contributed by atoms with Gasteiger partial charge in [0, 0.05) is 22.6 Å². The molecule has 1 fully saturated rings. The molecule has 2 heterocycles. The fourth-order valence-corrected chi connectivity index (χ4v) is 5.19. The number of nitrogens with zero attached hydrogens (tertiary/aromatic N) is 3. The van der Waals surface area contributed by atoms with Crippen molar-refractivity contribution in [1.29, 1.82) is 0 Å². The largest absolute Gasteiger partial charge is 0.480 e. The number of amides is 1. The van der Waals surface area contributed by atoms with Crippen LogP contribution in [0.5, 0.6) is 0 Å². The highest BCUT2D eigenvalue weighted by molar-refractivity contribution is 5.94. The number of hydrogen-bond donors (Lipinski definition) is 2. The first kappa shape index (κ1) is 22.0. The molecule has 174 valence electrons. The van der Waals surface area contributed by atoms with Gasteiger partial charge >= 0.3 is 5.97 Å². The van der Waals surface area contributed by atoms with Gasteiger partial charge in [-0.3, -0.25) is 14.6 Å². The molecule has 7 nitrogen and oxygen atoms in total. The van der Waals surface area contributed by atoms with Crippen molar-refractivity contribution < 1.29 is 19.1 Å². The van der Waals surface area contributed by atoms with Crippen LogP contribution >= 0.6 is 0 Å². The predicted octanol–water partition coefficient (Wildman–Crippen LogP) is 4.57. The average molecular weight is 461 g/mol. The van der Waals surface area contributed by atoms with Crippen molar-refractivity contribution in [3.63, 3.8) is 0 Å². The highest BCUT2D eigenvalue weighted by atomic mass is 19.1. The zero-order chi connectivity index (χ0) is 23.8. The van der Waals surface area contributed by atoms with Gasteiger partial charge in [-0.25, -0.2) is 9.37 Å². The molecule has 1 aliphatic carbocycles. The third-order valence-corrected chi connectivity index (χ3v) is 6.78. The number of halogens is 1. The molecular weight excluding hydrogens is 435 g/mol. The lowest BCUT2D eigenvalue weighted by atomic mass is 9.80. The molecule has 1 saturated carbocycles. The molecule has 0 atom stereocenters. The van der Waals surface area contributed by atoms with E-state index in [9.17, 15) is 19.1 Å². The number of fused-ring (bicyclic) bond motifs is 2. The number of carboxylic acids is 1. The second-order valence-corrected chi connectivity index (χ2v) is 8.91. The number of hydrogen-bond acceptors (Lipinski definition) is 4. The van der Waals surface area contributed by atoms with Crippen LogP contribution in [0.3, 0.4) is 0 Å². The smallest absolute Gasteiger partial charge is 0.323 e. The van der Waals surface area contributed by atoms with E-state index in [0.29, 0.717) is 11.2 Å². The van der Waals surface area contributed by atoms with Gasteiger partial charge in [-0.2, -0.15) is 0 Å². The molecule has 0 spiro atoms. The van der Waals surface area contributed by atoms with Crippen molar-refractivity contribution in [1.82, 2.24) is 19.9 Å². The third-order valence-electron chi connectivity index (χ3n) is 6.78. The van der Waals surface area contributed by atoms with E-state index in [4.69, 9.17) is 0 Å². The first-order chi connectivity index (χ1) is 16.4. The first-order valence-corrected chi connectivity index (χ1v) is 11.4. The molecule has 34 heavy (non-hydrogen) atoms. The molecule has 0 aliphatic heterocycles. The van der Waals surface area contributed by atoms with Crippen molar-refractivity contribution in [2.24, 2.45) is 0 Å². The minimum Gasteiger partial charge on any atom is -0.480 e. The van der Waals surface area contributed by atoms with Gasteiger partial charge in [0.15, 0.2) is 0 Å². The van der Waals surface area contributed by atoms with E-state index < -0.39 is 5.97 Å². The maximum atomic E-state index is 14.1. The molecule has 1 amide bonds. The normalized spacial score (nSPS) is 18.3. The van der Waals surface area contributed by atoms with Crippen LogP contribution in [0.1, 0.15) is 53.3 Å². The zero-order valence-corrected chi connectivity index (χ0v) is 18.8. The highest BCUT2D eigenvalue weighted by Crippen LogP contribution is 2.40. The van der Waals surface area contributed by atoms with Crippen molar-refractivity contribution in [3.05, 3.63) is 71.4 Å². The van der Waals surface area contributed by atoms with Crippen LogP contribution in [0.15, 0.2) is 48.7 Å². The maximum Gasteiger partial charge on any atom is 0.323 e. The molecule has 0 bridgehead atoms. The van der Waals surface area contributed by atoms with Crippen LogP contribution in [0.2, 0.25) is 0 Å². The Hall–Kier alpha value is -3.81. The summed E-state index contributed by atoms with van der Waals surface area (Å²) in [6, 6.07) is 12.0. The number of aliphatic carboxylic acids is 1. The van der Waals surface area contributed by atoms with E-state index in [1.54, 1.807) is 10.6 Å². The molecule has 0 saturated heterocycles. The Bertz CT molecular complexity index is 1410. The number of rotatable bonds is 5. The lowest BCUT2D eigenvalue weighted by molar-refractivity contribution is -0.137. The Labute approximate surface area is 195 Å². The van der Waals surface area contributed by atoms with E-state index in [1.165, 1.54) is 18.3 Å².